The molecule has 1 aromatic heterocycles. The highest BCUT2D eigenvalue weighted by molar-refractivity contribution is 7.98. The molecule has 0 aliphatic carbocycles. The zero-order valence-corrected chi connectivity index (χ0v) is 18.7. The molecule has 0 saturated carbocycles. The lowest BCUT2D eigenvalue weighted by atomic mass is 10.1. The summed E-state index contributed by atoms with van der Waals surface area (Å²) in [6, 6.07) is 6.41. The SMILES string of the molecule is COC(=O)C(CCSC)NC1CCCN(c2nc(C)c3ccc(C)cc3n2)CC1. The van der Waals surface area contributed by atoms with Crippen molar-refractivity contribution in [3.63, 3.8) is 0 Å². The molecule has 2 aromatic rings. The number of aromatic nitrogens is 2. The second-order valence-corrected chi connectivity index (χ2v) is 8.75. The fourth-order valence-corrected chi connectivity index (χ4v) is 4.39. The number of carbonyl (C=O) groups is 1. The molecule has 0 bridgehead atoms. The van der Waals surface area contributed by atoms with Crippen molar-refractivity contribution in [3.05, 3.63) is 29.5 Å². The number of benzene rings is 1. The van der Waals surface area contributed by atoms with Gasteiger partial charge in [0.2, 0.25) is 5.95 Å². The second-order valence-electron chi connectivity index (χ2n) is 7.77. The van der Waals surface area contributed by atoms with Gasteiger partial charge in [0.15, 0.2) is 0 Å². The number of ether oxygens (including phenoxy) is 1. The monoisotopic (exact) mass is 416 g/mol. The van der Waals surface area contributed by atoms with Gasteiger partial charge in [-0.3, -0.25) is 4.79 Å². The summed E-state index contributed by atoms with van der Waals surface area (Å²) in [7, 11) is 1.46. The number of hydrogen-bond donors (Lipinski definition) is 1. The molecule has 7 heteroatoms. The van der Waals surface area contributed by atoms with Gasteiger partial charge in [-0.15, -0.1) is 0 Å². The van der Waals surface area contributed by atoms with Crippen LogP contribution in [0.5, 0.6) is 0 Å². The molecule has 1 fully saturated rings. The maximum absolute atomic E-state index is 12.1. The number of nitrogens with one attached hydrogen (secondary N) is 1. The van der Waals surface area contributed by atoms with Gasteiger partial charge in [0.25, 0.3) is 0 Å². The topological polar surface area (TPSA) is 67.3 Å². The molecule has 1 aliphatic heterocycles. The Hall–Kier alpha value is -1.86. The second kappa shape index (κ2) is 10.3. The van der Waals surface area contributed by atoms with Gasteiger partial charge in [0, 0.05) is 24.5 Å². The Morgan fingerprint density at radius 2 is 2.14 bits per heavy atom. The van der Waals surface area contributed by atoms with Crippen molar-refractivity contribution in [2.75, 3.05) is 37.1 Å². The molecule has 6 nitrogen and oxygen atoms in total. The quantitative estimate of drug-likeness (QED) is 0.693. The minimum absolute atomic E-state index is 0.163. The van der Waals surface area contributed by atoms with E-state index in [9.17, 15) is 4.79 Å². The Kier molecular flexibility index (Phi) is 7.72. The number of carbonyl (C=O) groups excluding carboxylic acids is 1. The van der Waals surface area contributed by atoms with E-state index in [1.54, 1.807) is 11.8 Å². The molecule has 158 valence electrons. The zero-order chi connectivity index (χ0) is 20.8. The molecule has 1 saturated heterocycles. The number of nitrogens with zero attached hydrogens (tertiary/aromatic N) is 3. The van der Waals surface area contributed by atoms with Crippen molar-refractivity contribution < 1.29 is 9.53 Å². The van der Waals surface area contributed by atoms with Crippen LogP contribution in [0.2, 0.25) is 0 Å². The van der Waals surface area contributed by atoms with Crippen molar-refractivity contribution in [2.45, 2.75) is 51.6 Å². The summed E-state index contributed by atoms with van der Waals surface area (Å²) in [4.78, 5) is 24.0. The molecule has 1 aliphatic rings. The molecule has 29 heavy (non-hydrogen) atoms. The van der Waals surface area contributed by atoms with E-state index < -0.39 is 0 Å². The van der Waals surface area contributed by atoms with E-state index in [4.69, 9.17) is 14.7 Å². The number of methoxy groups -OCH3 is 1. The minimum atomic E-state index is -0.230. The number of fused-ring (bicyclic) bond motifs is 1. The van der Waals surface area contributed by atoms with Crippen LogP contribution < -0.4 is 10.2 Å². The Balaban J connectivity index is 1.69. The molecule has 2 unspecified atom stereocenters. The molecular weight excluding hydrogens is 384 g/mol. The Morgan fingerprint density at radius 1 is 1.31 bits per heavy atom. The summed E-state index contributed by atoms with van der Waals surface area (Å²) in [5, 5.41) is 4.66. The first-order chi connectivity index (χ1) is 14.0. The highest BCUT2D eigenvalue weighted by Gasteiger charge is 2.25. The van der Waals surface area contributed by atoms with E-state index in [0.29, 0.717) is 6.04 Å². The summed E-state index contributed by atoms with van der Waals surface area (Å²) >= 11 is 1.75. The van der Waals surface area contributed by atoms with E-state index >= 15 is 0 Å². The first-order valence-electron chi connectivity index (χ1n) is 10.3. The van der Waals surface area contributed by atoms with Crippen LogP contribution in [-0.2, 0) is 9.53 Å². The minimum Gasteiger partial charge on any atom is -0.468 e. The van der Waals surface area contributed by atoms with Crippen LogP contribution >= 0.6 is 11.8 Å². The van der Waals surface area contributed by atoms with Crippen LogP contribution in [0.1, 0.15) is 36.9 Å². The Morgan fingerprint density at radius 3 is 2.90 bits per heavy atom. The zero-order valence-electron chi connectivity index (χ0n) is 17.9. The van der Waals surface area contributed by atoms with Gasteiger partial charge in [-0.1, -0.05) is 12.1 Å². The Bertz CT molecular complexity index is 845. The van der Waals surface area contributed by atoms with E-state index in [-0.39, 0.29) is 12.0 Å². The highest BCUT2D eigenvalue weighted by atomic mass is 32.2. The molecule has 0 radical (unpaired) electrons. The van der Waals surface area contributed by atoms with Crippen molar-refractivity contribution >= 4 is 34.6 Å². The fraction of sp³-hybridized carbons (Fsp3) is 0.591. The maximum Gasteiger partial charge on any atom is 0.322 e. The number of rotatable bonds is 7. The highest BCUT2D eigenvalue weighted by Crippen LogP contribution is 2.23. The summed E-state index contributed by atoms with van der Waals surface area (Å²) in [5.74, 6) is 1.59. The lowest BCUT2D eigenvalue weighted by Crippen LogP contribution is -2.44. The predicted molar refractivity (Wildman–Crippen MR) is 121 cm³/mol. The van der Waals surface area contributed by atoms with Gasteiger partial charge in [-0.25, -0.2) is 9.97 Å². The van der Waals surface area contributed by atoms with Crippen LogP contribution in [0.25, 0.3) is 10.9 Å². The molecule has 1 aromatic carbocycles. The predicted octanol–water partition coefficient (Wildman–Crippen LogP) is 3.49. The average molecular weight is 417 g/mol. The smallest absolute Gasteiger partial charge is 0.322 e. The number of anilines is 1. The molecule has 0 spiro atoms. The largest absolute Gasteiger partial charge is 0.468 e. The van der Waals surface area contributed by atoms with Gasteiger partial charge < -0.3 is 15.0 Å². The first kappa shape index (κ1) is 21.8. The van der Waals surface area contributed by atoms with Gasteiger partial charge in [0.05, 0.1) is 18.3 Å². The third kappa shape index (κ3) is 5.60. The number of hydrogen-bond acceptors (Lipinski definition) is 7. The van der Waals surface area contributed by atoms with Crippen LogP contribution in [0.15, 0.2) is 18.2 Å². The van der Waals surface area contributed by atoms with Crippen molar-refractivity contribution in [1.82, 2.24) is 15.3 Å². The van der Waals surface area contributed by atoms with E-state index in [1.165, 1.54) is 12.7 Å². The molecule has 2 heterocycles. The third-order valence-corrected chi connectivity index (χ3v) is 6.22. The van der Waals surface area contributed by atoms with Crippen LogP contribution in [0.3, 0.4) is 0 Å². The molecule has 2 atom stereocenters. The number of thioether (sulfide) groups is 1. The fourth-order valence-electron chi connectivity index (χ4n) is 3.92. The van der Waals surface area contributed by atoms with E-state index in [0.717, 1.165) is 67.1 Å². The summed E-state index contributed by atoms with van der Waals surface area (Å²) in [6.07, 6.45) is 5.89. The van der Waals surface area contributed by atoms with Crippen molar-refractivity contribution in [3.8, 4) is 0 Å². The van der Waals surface area contributed by atoms with Crippen molar-refractivity contribution in [2.24, 2.45) is 0 Å². The van der Waals surface area contributed by atoms with Gasteiger partial charge >= 0.3 is 5.97 Å². The van der Waals surface area contributed by atoms with Crippen molar-refractivity contribution in [1.29, 1.82) is 0 Å². The van der Waals surface area contributed by atoms with E-state index in [1.807, 2.05) is 0 Å². The molecule has 0 amide bonds. The first-order valence-corrected chi connectivity index (χ1v) is 11.7. The standard InChI is InChI=1S/C22H32N4O2S/c1-15-7-8-18-16(2)23-22(25-20(18)14-15)26-11-5-6-17(9-12-26)24-19(10-13-29-4)21(27)28-3/h7-8,14,17,19,24H,5-6,9-13H2,1-4H3. The lowest BCUT2D eigenvalue weighted by Gasteiger charge is -2.24. The van der Waals surface area contributed by atoms with Crippen LogP contribution in [0.4, 0.5) is 5.95 Å². The summed E-state index contributed by atoms with van der Waals surface area (Å²) in [6.45, 7) is 5.96. The molecular formula is C22H32N4O2S. The molecule has 3 rings (SSSR count). The normalized spacial score (nSPS) is 18.5. The van der Waals surface area contributed by atoms with Gasteiger partial charge in [0.1, 0.15) is 6.04 Å². The van der Waals surface area contributed by atoms with E-state index in [2.05, 4.69) is 48.5 Å². The molecule has 1 N–H and O–H groups in total. The van der Waals surface area contributed by atoms with Crippen LogP contribution in [0, 0.1) is 13.8 Å². The van der Waals surface area contributed by atoms with Gasteiger partial charge in [-0.05, 0) is 63.2 Å². The average Bonchev–Trinajstić information content (AvgIpc) is 2.95. The van der Waals surface area contributed by atoms with Crippen LogP contribution in [-0.4, -0.2) is 60.2 Å². The number of esters is 1. The summed E-state index contributed by atoms with van der Waals surface area (Å²) < 4.78 is 5.00. The maximum atomic E-state index is 12.1. The third-order valence-electron chi connectivity index (χ3n) is 5.58. The Labute approximate surface area is 177 Å². The van der Waals surface area contributed by atoms with Gasteiger partial charge in [-0.2, -0.15) is 11.8 Å². The summed E-state index contributed by atoms with van der Waals surface area (Å²) in [5.41, 5.74) is 3.24. The lowest BCUT2D eigenvalue weighted by molar-refractivity contribution is -0.143. The number of aryl methyl sites for hydroxylation is 2.